The highest BCUT2D eigenvalue weighted by Crippen LogP contribution is 2.51. The predicted molar refractivity (Wildman–Crippen MR) is 88.2 cm³/mol. The number of carbonyl (C=O) groups is 1. The van der Waals surface area contributed by atoms with E-state index in [9.17, 15) is 9.90 Å². The minimum atomic E-state index is -1.85. The van der Waals surface area contributed by atoms with Crippen LogP contribution in [0, 0.1) is 0 Å². The van der Waals surface area contributed by atoms with Crippen molar-refractivity contribution in [3.63, 3.8) is 0 Å². The van der Waals surface area contributed by atoms with E-state index in [-0.39, 0.29) is 6.61 Å². The summed E-state index contributed by atoms with van der Waals surface area (Å²) in [5, 5.41) is 10.8. The summed E-state index contributed by atoms with van der Waals surface area (Å²) >= 11 is 9.93. The van der Waals surface area contributed by atoms with Gasteiger partial charge in [0.1, 0.15) is 11.0 Å². The van der Waals surface area contributed by atoms with Crippen LogP contribution in [-0.2, 0) is 14.0 Å². The minimum Gasteiger partial charge on any atom is -0.456 e. The van der Waals surface area contributed by atoms with Crippen LogP contribution in [0.15, 0.2) is 10.6 Å². The number of aliphatic hydroxyl groups is 1. The van der Waals surface area contributed by atoms with E-state index in [1.807, 2.05) is 0 Å². The van der Waals surface area contributed by atoms with Gasteiger partial charge in [-0.1, -0.05) is 36.7 Å². The summed E-state index contributed by atoms with van der Waals surface area (Å²) in [6, 6.07) is 2.99. The molecule has 4 nitrogen and oxygen atoms in total. The largest absolute Gasteiger partial charge is 0.456 e. The zero-order valence-corrected chi connectivity index (χ0v) is 16.0. The van der Waals surface area contributed by atoms with Crippen molar-refractivity contribution in [2.45, 2.75) is 61.9 Å². The van der Waals surface area contributed by atoms with Gasteiger partial charge in [0.15, 0.2) is 8.32 Å². The molecule has 3 aliphatic rings. The SMILES string of the molecule is CC[Si](CC)(CC)OC[C@@]1(Cl)CC2C=C(Br)C1(O)C(=O)O2. The molecule has 3 rings (SSSR count). The molecule has 3 atom stereocenters. The topological polar surface area (TPSA) is 55.8 Å². The van der Waals surface area contributed by atoms with Crippen LogP contribution >= 0.6 is 27.5 Å². The van der Waals surface area contributed by atoms with Crippen LogP contribution in [0.3, 0.4) is 0 Å². The van der Waals surface area contributed by atoms with Crippen molar-refractivity contribution in [2.24, 2.45) is 0 Å². The molecule has 0 radical (unpaired) electrons. The van der Waals surface area contributed by atoms with Crippen molar-refractivity contribution in [1.82, 2.24) is 0 Å². The van der Waals surface area contributed by atoms with Gasteiger partial charge in [-0.25, -0.2) is 4.79 Å². The van der Waals surface area contributed by atoms with Crippen LogP contribution < -0.4 is 0 Å². The first-order valence-corrected chi connectivity index (χ1v) is 11.1. The van der Waals surface area contributed by atoms with Crippen molar-refractivity contribution in [1.29, 1.82) is 0 Å². The van der Waals surface area contributed by atoms with Gasteiger partial charge in [-0.3, -0.25) is 0 Å². The molecule has 0 saturated carbocycles. The molecule has 0 amide bonds. The maximum atomic E-state index is 12.1. The van der Waals surface area contributed by atoms with E-state index in [1.165, 1.54) is 0 Å². The van der Waals surface area contributed by atoms with Crippen molar-refractivity contribution in [2.75, 3.05) is 6.61 Å². The molecule has 0 aromatic rings. The second-order valence-corrected chi connectivity index (χ2v) is 12.2. The molecule has 1 fully saturated rings. The second-order valence-electron chi connectivity index (χ2n) is 5.87. The lowest BCUT2D eigenvalue weighted by atomic mass is 9.76. The van der Waals surface area contributed by atoms with Gasteiger partial charge in [0.2, 0.25) is 5.60 Å². The normalized spacial score (nSPS) is 35.6. The van der Waals surface area contributed by atoms with Crippen molar-refractivity contribution >= 4 is 41.8 Å². The van der Waals surface area contributed by atoms with E-state index in [2.05, 4.69) is 36.7 Å². The van der Waals surface area contributed by atoms with Crippen LogP contribution in [0.4, 0.5) is 0 Å². The summed E-state index contributed by atoms with van der Waals surface area (Å²) in [7, 11) is -1.84. The van der Waals surface area contributed by atoms with Gasteiger partial charge in [0, 0.05) is 10.9 Å². The van der Waals surface area contributed by atoms with Gasteiger partial charge in [-0.2, -0.15) is 0 Å². The highest BCUT2D eigenvalue weighted by atomic mass is 79.9. The maximum absolute atomic E-state index is 12.1. The Bertz CT molecular complexity index is 460. The Morgan fingerprint density at radius 3 is 2.52 bits per heavy atom. The Morgan fingerprint density at radius 1 is 1.48 bits per heavy atom. The molecule has 0 spiro atoms. The zero-order chi connectivity index (χ0) is 15.9. The minimum absolute atomic E-state index is 0.168. The summed E-state index contributed by atoms with van der Waals surface area (Å²) in [5.41, 5.74) is -1.85. The molecule has 0 aromatic heterocycles. The monoisotopic (exact) mass is 396 g/mol. The van der Waals surface area contributed by atoms with Crippen molar-refractivity contribution in [3.05, 3.63) is 10.6 Å². The number of halogens is 2. The highest BCUT2D eigenvalue weighted by molar-refractivity contribution is 9.11. The van der Waals surface area contributed by atoms with Crippen molar-refractivity contribution < 1.29 is 19.1 Å². The molecule has 2 heterocycles. The highest BCUT2D eigenvalue weighted by Gasteiger charge is 2.65. The fourth-order valence-corrected chi connectivity index (χ4v) is 7.18. The summed E-state index contributed by atoms with van der Waals surface area (Å²) < 4.78 is 11.8. The molecular formula is C14H22BrClO4Si. The van der Waals surface area contributed by atoms with E-state index in [1.54, 1.807) is 6.08 Å². The quantitative estimate of drug-likeness (QED) is 0.424. The number of esters is 1. The molecule has 2 aliphatic heterocycles. The first-order valence-electron chi connectivity index (χ1n) is 7.41. The summed E-state index contributed by atoms with van der Waals surface area (Å²) in [6.07, 6.45) is 1.67. The third-order valence-electron chi connectivity index (χ3n) is 4.94. The van der Waals surface area contributed by atoms with E-state index >= 15 is 0 Å². The lowest BCUT2D eigenvalue weighted by molar-refractivity contribution is -0.183. The van der Waals surface area contributed by atoms with Gasteiger partial charge in [-0.15, -0.1) is 11.6 Å². The Kier molecular flexibility index (Phi) is 4.96. The summed E-state index contributed by atoms with van der Waals surface area (Å²) in [5.74, 6) is -0.691. The van der Waals surface area contributed by atoms with Gasteiger partial charge in [-0.05, 0) is 24.2 Å². The van der Waals surface area contributed by atoms with Crippen LogP contribution in [0.25, 0.3) is 0 Å². The number of alkyl halides is 1. The Labute approximate surface area is 140 Å². The molecule has 7 heteroatoms. The molecule has 1 N–H and O–H groups in total. The van der Waals surface area contributed by atoms with Crippen molar-refractivity contribution in [3.8, 4) is 0 Å². The molecule has 0 aromatic carbocycles. The summed E-state index contributed by atoms with van der Waals surface area (Å²) in [6.45, 7) is 6.56. The zero-order valence-electron chi connectivity index (χ0n) is 12.6. The Balaban J connectivity index is 2.24. The standard InChI is InChI=1S/C14H22BrClO4Si/c1-4-21(5-2,6-3)19-9-13(16)8-10-7-11(15)14(13,18)12(17)20-10/h7,10,18H,4-6,8-9H2,1-3H3/t10?,13-,14?/m0/s1. The summed E-state index contributed by atoms with van der Waals surface area (Å²) in [4.78, 5) is 10.9. The smallest absolute Gasteiger partial charge is 0.345 e. The molecule has 2 unspecified atom stereocenters. The molecule has 120 valence electrons. The first kappa shape index (κ1) is 17.5. The van der Waals surface area contributed by atoms with Crippen LogP contribution in [-0.4, -0.2) is 42.6 Å². The Hall–Kier alpha value is 0.117. The van der Waals surface area contributed by atoms with Crippen LogP contribution in [0.2, 0.25) is 18.1 Å². The van der Waals surface area contributed by atoms with E-state index in [0.29, 0.717) is 10.9 Å². The number of carbonyl (C=O) groups excluding carboxylic acids is 1. The number of hydrogen-bond acceptors (Lipinski definition) is 4. The second kappa shape index (κ2) is 5.96. The van der Waals surface area contributed by atoms with Gasteiger partial charge in [0.05, 0.1) is 6.61 Å². The third-order valence-corrected chi connectivity index (χ3v) is 10.9. The van der Waals surface area contributed by atoms with Gasteiger partial charge >= 0.3 is 5.97 Å². The molecular weight excluding hydrogens is 376 g/mol. The van der Waals surface area contributed by atoms with Gasteiger partial charge < -0.3 is 14.3 Å². The number of fused-ring (bicyclic) bond motifs is 2. The number of rotatable bonds is 6. The lowest BCUT2D eigenvalue weighted by Gasteiger charge is -2.50. The average molecular weight is 398 g/mol. The molecule has 1 saturated heterocycles. The Morgan fingerprint density at radius 2 is 2.05 bits per heavy atom. The fourth-order valence-electron chi connectivity index (χ4n) is 3.09. The predicted octanol–water partition coefficient (Wildman–Crippen LogP) is 3.32. The lowest BCUT2D eigenvalue weighted by Crippen LogP contribution is -2.67. The number of hydrogen-bond donors (Lipinski definition) is 1. The van der Waals surface area contributed by atoms with Crippen LogP contribution in [0.1, 0.15) is 27.2 Å². The fraction of sp³-hybridized carbons (Fsp3) is 0.786. The van der Waals surface area contributed by atoms with Crippen LogP contribution in [0.5, 0.6) is 0 Å². The van der Waals surface area contributed by atoms with E-state index < -0.39 is 30.9 Å². The van der Waals surface area contributed by atoms with Gasteiger partial charge in [0.25, 0.3) is 0 Å². The third kappa shape index (κ3) is 2.63. The molecule has 2 bridgehead atoms. The maximum Gasteiger partial charge on any atom is 0.345 e. The number of ether oxygens (including phenoxy) is 1. The molecule has 1 aliphatic carbocycles. The van der Waals surface area contributed by atoms with E-state index in [0.717, 1.165) is 18.1 Å². The first-order chi connectivity index (χ1) is 9.77. The average Bonchev–Trinajstić information content (AvgIpc) is 2.45. The van der Waals surface area contributed by atoms with E-state index in [4.69, 9.17) is 20.8 Å². The molecule has 21 heavy (non-hydrogen) atoms.